The van der Waals surface area contributed by atoms with Gasteiger partial charge in [0, 0.05) is 19.8 Å². The average Bonchev–Trinajstić information content (AvgIpc) is 3.05. The van der Waals surface area contributed by atoms with Crippen LogP contribution in [0.15, 0.2) is 50.9 Å². The summed E-state index contributed by atoms with van der Waals surface area (Å²) < 4.78 is 44.4. The zero-order valence-corrected chi connectivity index (χ0v) is 18.0. The van der Waals surface area contributed by atoms with Crippen molar-refractivity contribution in [2.75, 3.05) is 19.4 Å². The molecule has 0 spiro atoms. The molecule has 1 aromatic heterocycles. The molecule has 11 heteroatoms. The molecule has 0 aliphatic heterocycles. The van der Waals surface area contributed by atoms with Crippen molar-refractivity contribution in [3.63, 3.8) is 0 Å². The number of carbonyl (C=O) groups is 1. The highest BCUT2D eigenvalue weighted by Gasteiger charge is 2.21. The van der Waals surface area contributed by atoms with E-state index < -0.39 is 21.1 Å². The van der Waals surface area contributed by atoms with E-state index in [-0.39, 0.29) is 21.0 Å². The number of sulfonamides is 1. The predicted molar refractivity (Wildman–Crippen MR) is 110 cm³/mol. The van der Waals surface area contributed by atoms with Gasteiger partial charge in [0.05, 0.1) is 15.2 Å². The number of benzene rings is 2. The summed E-state index contributed by atoms with van der Waals surface area (Å²) in [7, 11) is -0.708. The summed E-state index contributed by atoms with van der Waals surface area (Å²) in [6, 6.07) is 8.26. The zero-order valence-electron chi connectivity index (χ0n) is 15.6. The normalized spacial score (nSPS) is 13.0. The van der Waals surface area contributed by atoms with E-state index in [4.69, 9.17) is 16.0 Å². The minimum Gasteiger partial charge on any atom is -0.431 e. The Bertz CT molecular complexity index is 1180. The SMILES string of the molecule is CC(Sc1nc2cc(S(=O)(=O)N(C)C)ccc2o1)C(=O)Nc1ccc(F)c(Cl)c1. The van der Waals surface area contributed by atoms with Crippen LogP contribution in [0.25, 0.3) is 11.1 Å². The molecule has 0 saturated carbocycles. The first-order valence-electron chi connectivity index (χ1n) is 8.33. The second kappa shape index (κ2) is 8.31. The molecule has 0 bridgehead atoms. The number of halogens is 2. The van der Waals surface area contributed by atoms with Crippen LogP contribution in [0.4, 0.5) is 10.1 Å². The molecule has 1 amide bonds. The highest BCUT2D eigenvalue weighted by molar-refractivity contribution is 8.00. The fourth-order valence-corrected chi connectivity index (χ4v) is 4.19. The molecule has 0 aliphatic carbocycles. The maximum Gasteiger partial charge on any atom is 0.257 e. The van der Waals surface area contributed by atoms with Crippen molar-refractivity contribution in [1.82, 2.24) is 9.29 Å². The van der Waals surface area contributed by atoms with Crippen LogP contribution in [0.5, 0.6) is 0 Å². The lowest BCUT2D eigenvalue weighted by Gasteiger charge is -2.10. The highest BCUT2D eigenvalue weighted by atomic mass is 35.5. The summed E-state index contributed by atoms with van der Waals surface area (Å²) in [5.74, 6) is -0.926. The minimum atomic E-state index is -3.59. The number of rotatable bonds is 6. The third-order valence-corrected chi connectivity index (χ3v) is 7.00. The molecular weight excluding hydrogens is 441 g/mol. The van der Waals surface area contributed by atoms with Gasteiger partial charge in [0.1, 0.15) is 11.3 Å². The van der Waals surface area contributed by atoms with Crippen molar-refractivity contribution >= 4 is 56.1 Å². The number of anilines is 1. The summed E-state index contributed by atoms with van der Waals surface area (Å²) in [6.07, 6.45) is 0. The lowest BCUT2D eigenvalue weighted by Crippen LogP contribution is -2.22. The molecule has 154 valence electrons. The van der Waals surface area contributed by atoms with Gasteiger partial charge >= 0.3 is 0 Å². The molecule has 1 atom stereocenters. The maximum atomic E-state index is 13.2. The van der Waals surface area contributed by atoms with Crippen LogP contribution in [0.2, 0.25) is 5.02 Å². The van der Waals surface area contributed by atoms with Gasteiger partial charge < -0.3 is 9.73 Å². The third-order valence-electron chi connectivity index (χ3n) is 3.95. The van der Waals surface area contributed by atoms with Gasteiger partial charge in [-0.1, -0.05) is 23.4 Å². The average molecular weight is 458 g/mol. The van der Waals surface area contributed by atoms with E-state index in [2.05, 4.69) is 10.3 Å². The topological polar surface area (TPSA) is 92.5 Å². The Balaban J connectivity index is 1.75. The quantitative estimate of drug-likeness (QED) is 0.562. The van der Waals surface area contributed by atoms with Crippen LogP contribution < -0.4 is 5.32 Å². The number of amides is 1. The van der Waals surface area contributed by atoms with Crippen LogP contribution in [-0.2, 0) is 14.8 Å². The number of carbonyl (C=O) groups excluding carboxylic acids is 1. The van der Waals surface area contributed by atoms with Crippen LogP contribution in [-0.4, -0.2) is 43.0 Å². The number of oxazole rings is 1. The molecule has 3 aromatic rings. The number of aromatic nitrogens is 1. The van der Waals surface area contributed by atoms with E-state index in [0.29, 0.717) is 16.8 Å². The number of thioether (sulfide) groups is 1. The standard InChI is InChI=1S/C18H17ClFN3O4S2/c1-10(17(24)21-11-4-6-14(20)13(19)8-11)28-18-22-15-9-12(5-7-16(15)27-18)29(25,26)23(2)3/h4-10H,1-3H3,(H,21,24). The zero-order chi connectivity index (χ0) is 21.3. The predicted octanol–water partition coefficient (Wildman–Crippen LogP) is 3.99. The number of fused-ring (bicyclic) bond motifs is 1. The van der Waals surface area contributed by atoms with Crippen molar-refractivity contribution in [2.24, 2.45) is 0 Å². The van der Waals surface area contributed by atoms with Crippen LogP contribution >= 0.6 is 23.4 Å². The molecule has 0 saturated heterocycles. The van der Waals surface area contributed by atoms with Gasteiger partial charge in [-0.2, -0.15) is 0 Å². The Morgan fingerprint density at radius 3 is 2.66 bits per heavy atom. The van der Waals surface area contributed by atoms with Gasteiger partial charge in [-0.15, -0.1) is 0 Å². The summed E-state index contributed by atoms with van der Waals surface area (Å²) >= 11 is 6.78. The van der Waals surface area contributed by atoms with E-state index in [0.717, 1.165) is 22.1 Å². The monoisotopic (exact) mass is 457 g/mol. The number of nitrogens with one attached hydrogen (secondary N) is 1. The van der Waals surface area contributed by atoms with E-state index in [1.165, 1.54) is 44.4 Å². The Kier molecular flexibility index (Phi) is 6.18. The number of nitrogens with zero attached hydrogens (tertiary/aromatic N) is 2. The molecule has 0 radical (unpaired) electrons. The molecule has 2 aromatic carbocycles. The van der Waals surface area contributed by atoms with E-state index >= 15 is 0 Å². The lowest BCUT2D eigenvalue weighted by atomic mass is 10.3. The fourth-order valence-electron chi connectivity index (χ4n) is 2.33. The van der Waals surface area contributed by atoms with Crippen LogP contribution in [0.3, 0.4) is 0 Å². The van der Waals surface area contributed by atoms with E-state index in [1.807, 2.05) is 0 Å². The molecular formula is C18H17ClFN3O4S2. The van der Waals surface area contributed by atoms with Gasteiger partial charge in [-0.05, 0) is 43.3 Å². The van der Waals surface area contributed by atoms with Crippen molar-refractivity contribution in [3.05, 3.63) is 47.2 Å². The van der Waals surface area contributed by atoms with Gasteiger partial charge in [-0.25, -0.2) is 22.1 Å². The highest BCUT2D eigenvalue weighted by Crippen LogP contribution is 2.29. The van der Waals surface area contributed by atoms with Crippen molar-refractivity contribution in [3.8, 4) is 0 Å². The summed E-state index contributed by atoms with van der Waals surface area (Å²) in [5.41, 5.74) is 1.14. The second-order valence-electron chi connectivity index (χ2n) is 6.27. The first-order chi connectivity index (χ1) is 13.6. The van der Waals surface area contributed by atoms with Gasteiger partial charge in [0.15, 0.2) is 5.58 Å². The Hall–Kier alpha value is -2.14. The molecule has 1 N–H and O–H groups in total. The van der Waals surface area contributed by atoms with Crippen molar-refractivity contribution in [1.29, 1.82) is 0 Å². The Morgan fingerprint density at radius 2 is 2.00 bits per heavy atom. The first kappa shape index (κ1) is 21.6. The van der Waals surface area contributed by atoms with E-state index in [1.54, 1.807) is 6.92 Å². The Morgan fingerprint density at radius 1 is 1.28 bits per heavy atom. The van der Waals surface area contributed by atoms with Gasteiger partial charge in [0.2, 0.25) is 15.9 Å². The fraction of sp³-hybridized carbons (Fsp3) is 0.222. The summed E-state index contributed by atoms with van der Waals surface area (Å²) in [4.78, 5) is 16.7. The van der Waals surface area contributed by atoms with E-state index in [9.17, 15) is 17.6 Å². The molecule has 7 nitrogen and oxygen atoms in total. The Labute approximate surface area is 176 Å². The minimum absolute atomic E-state index is 0.0921. The van der Waals surface area contributed by atoms with Crippen molar-refractivity contribution in [2.45, 2.75) is 22.3 Å². The summed E-state index contributed by atoms with van der Waals surface area (Å²) in [5, 5.41) is 2.18. The lowest BCUT2D eigenvalue weighted by molar-refractivity contribution is -0.115. The third kappa shape index (κ3) is 4.72. The number of hydrogen-bond donors (Lipinski definition) is 1. The molecule has 3 rings (SSSR count). The van der Waals surface area contributed by atoms with Crippen molar-refractivity contribution < 1.29 is 22.0 Å². The van der Waals surface area contributed by atoms with Crippen LogP contribution in [0.1, 0.15) is 6.92 Å². The van der Waals surface area contributed by atoms with Gasteiger partial charge in [0.25, 0.3) is 5.22 Å². The largest absolute Gasteiger partial charge is 0.431 e. The molecule has 1 heterocycles. The second-order valence-corrected chi connectivity index (χ2v) is 10.1. The summed E-state index contributed by atoms with van der Waals surface area (Å²) in [6.45, 7) is 1.65. The smallest absolute Gasteiger partial charge is 0.257 e. The first-order valence-corrected chi connectivity index (χ1v) is 11.0. The maximum absolute atomic E-state index is 13.2. The number of hydrogen-bond acceptors (Lipinski definition) is 6. The molecule has 1 unspecified atom stereocenters. The van der Waals surface area contributed by atoms with Gasteiger partial charge in [-0.3, -0.25) is 4.79 Å². The van der Waals surface area contributed by atoms with Crippen LogP contribution in [0, 0.1) is 5.82 Å². The molecule has 0 fully saturated rings. The molecule has 29 heavy (non-hydrogen) atoms. The molecule has 0 aliphatic rings.